The van der Waals surface area contributed by atoms with Crippen molar-refractivity contribution in [3.05, 3.63) is 29.7 Å². The third-order valence-corrected chi connectivity index (χ3v) is 2.58. The van der Waals surface area contributed by atoms with Gasteiger partial charge in [0, 0.05) is 20.3 Å². The van der Waals surface area contributed by atoms with Gasteiger partial charge in [-0.2, -0.15) is 10.2 Å². The normalized spacial score (nSPS) is 10.5. The van der Waals surface area contributed by atoms with Gasteiger partial charge in [0.1, 0.15) is 11.4 Å². The summed E-state index contributed by atoms with van der Waals surface area (Å²) in [5, 5.41) is 10.7. The Morgan fingerprint density at radius 1 is 1.41 bits per heavy atom. The molecule has 90 valence electrons. The predicted octanol–water partition coefficient (Wildman–Crippen LogP) is -0.334. The average molecular weight is 234 g/mol. The van der Waals surface area contributed by atoms with E-state index in [2.05, 4.69) is 15.5 Å². The molecular weight excluding hydrogens is 220 g/mol. The molecule has 0 aromatic carbocycles. The van der Waals surface area contributed by atoms with E-state index in [1.165, 1.54) is 10.9 Å². The van der Waals surface area contributed by atoms with Crippen LogP contribution in [0.15, 0.2) is 18.5 Å². The number of nitrogens with one attached hydrogen (secondary N) is 1. The smallest absolute Gasteiger partial charge is 0.256 e. The summed E-state index contributed by atoms with van der Waals surface area (Å²) in [6.45, 7) is 0.406. The third kappa shape index (κ3) is 2.12. The first kappa shape index (κ1) is 11.2. The second-order valence-electron chi connectivity index (χ2n) is 3.70. The maximum absolute atomic E-state index is 11.8. The molecule has 2 aromatic rings. The number of aryl methyl sites for hydroxylation is 2. The van der Waals surface area contributed by atoms with E-state index in [4.69, 9.17) is 5.73 Å². The summed E-state index contributed by atoms with van der Waals surface area (Å²) in [6.07, 6.45) is 3.13. The SMILES string of the molecule is Cn1nccc1CNC(=O)c1cnn(C)c1N. The molecule has 0 radical (unpaired) electrons. The van der Waals surface area contributed by atoms with Crippen LogP contribution in [0, 0.1) is 0 Å². The largest absolute Gasteiger partial charge is 0.383 e. The van der Waals surface area contributed by atoms with Crippen molar-refractivity contribution in [1.82, 2.24) is 24.9 Å². The van der Waals surface area contributed by atoms with Crippen LogP contribution in [0.3, 0.4) is 0 Å². The van der Waals surface area contributed by atoms with Crippen molar-refractivity contribution in [1.29, 1.82) is 0 Å². The number of anilines is 1. The molecule has 0 atom stereocenters. The number of nitrogen functional groups attached to an aromatic ring is 1. The highest BCUT2D eigenvalue weighted by atomic mass is 16.1. The topological polar surface area (TPSA) is 90.8 Å². The number of nitrogens with zero attached hydrogens (tertiary/aromatic N) is 4. The molecule has 2 aromatic heterocycles. The van der Waals surface area contributed by atoms with E-state index in [0.29, 0.717) is 17.9 Å². The Morgan fingerprint density at radius 2 is 2.18 bits per heavy atom. The van der Waals surface area contributed by atoms with Gasteiger partial charge < -0.3 is 11.1 Å². The summed E-state index contributed by atoms with van der Waals surface area (Å²) in [4.78, 5) is 11.8. The van der Waals surface area contributed by atoms with Crippen LogP contribution in [0.5, 0.6) is 0 Å². The molecule has 0 spiro atoms. The number of hydrogen-bond donors (Lipinski definition) is 2. The van der Waals surface area contributed by atoms with Crippen molar-refractivity contribution < 1.29 is 4.79 Å². The van der Waals surface area contributed by atoms with Gasteiger partial charge in [0.05, 0.1) is 18.4 Å². The van der Waals surface area contributed by atoms with Crippen LogP contribution >= 0.6 is 0 Å². The summed E-state index contributed by atoms with van der Waals surface area (Å²) in [6, 6.07) is 1.84. The molecule has 0 aliphatic rings. The maximum Gasteiger partial charge on any atom is 0.256 e. The highest BCUT2D eigenvalue weighted by Crippen LogP contribution is 2.09. The first-order valence-corrected chi connectivity index (χ1v) is 5.12. The van der Waals surface area contributed by atoms with Gasteiger partial charge in [-0.1, -0.05) is 0 Å². The van der Waals surface area contributed by atoms with Crippen molar-refractivity contribution >= 4 is 11.7 Å². The Bertz CT molecular complexity index is 541. The molecule has 0 unspecified atom stereocenters. The molecule has 1 amide bonds. The Labute approximate surface area is 98.2 Å². The summed E-state index contributed by atoms with van der Waals surface area (Å²) >= 11 is 0. The number of rotatable bonds is 3. The molecule has 0 fully saturated rings. The molecule has 0 bridgehead atoms. The fourth-order valence-electron chi connectivity index (χ4n) is 1.46. The van der Waals surface area contributed by atoms with Gasteiger partial charge in [0.25, 0.3) is 5.91 Å². The number of hydrogen-bond acceptors (Lipinski definition) is 4. The lowest BCUT2D eigenvalue weighted by atomic mass is 10.3. The molecule has 0 saturated carbocycles. The summed E-state index contributed by atoms with van der Waals surface area (Å²) in [7, 11) is 3.51. The lowest BCUT2D eigenvalue weighted by molar-refractivity contribution is 0.0951. The first-order valence-electron chi connectivity index (χ1n) is 5.12. The number of nitrogens with two attached hydrogens (primary N) is 1. The number of carbonyl (C=O) groups is 1. The monoisotopic (exact) mass is 234 g/mol. The molecule has 0 aliphatic carbocycles. The summed E-state index contributed by atoms with van der Waals surface area (Å²) < 4.78 is 3.16. The van der Waals surface area contributed by atoms with E-state index in [-0.39, 0.29) is 5.91 Å². The lowest BCUT2D eigenvalue weighted by Crippen LogP contribution is -2.24. The second kappa shape index (κ2) is 4.28. The van der Waals surface area contributed by atoms with Gasteiger partial charge in [0.15, 0.2) is 0 Å². The van der Waals surface area contributed by atoms with Crippen LogP contribution in [0.25, 0.3) is 0 Å². The summed E-state index contributed by atoms with van der Waals surface area (Å²) in [5.41, 5.74) is 7.01. The van der Waals surface area contributed by atoms with Crippen molar-refractivity contribution in [2.75, 3.05) is 5.73 Å². The van der Waals surface area contributed by atoms with Crippen molar-refractivity contribution in [2.45, 2.75) is 6.54 Å². The van der Waals surface area contributed by atoms with Crippen LogP contribution in [0.2, 0.25) is 0 Å². The van der Waals surface area contributed by atoms with Crippen LogP contribution in [-0.2, 0) is 20.6 Å². The van der Waals surface area contributed by atoms with Crippen LogP contribution in [0.4, 0.5) is 5.82 Å². The molecule has 3 N–H and O–H groups in total. The van der Waals surface area contributed by atoms with Gasteiger partial charge in [0.2, 0.25) is 0 Å². The van der Waals surface area contributed by atoms with Gasteiger partial charge >= 0.3 is 0 Å². The minimum absolute atomic E-state index is 0.239. The Balaban J connectivity index is 2.03. The van der Waals surface area contributed by atoms with E-state index >= 15 is 0 Å². The fourth-order valence-corrected chi connectivity index (χ4v) is 1.46. The van der Waals surface area contributed by atoms with Crippen LogP contribution in [0.1, 0.15) is 16.1 Å². The van der Waals surface area contributed by atoms with Crippen LogP contribution in [-0.4, -0.2) is 25.5 Å². The van der Waals surface area contributed by atoms with Crippen molar-refractivity contribution in [3.63, 3.8) is 0 Å². The van der Waals surface area contributed by atoms with Crippen molar-refractivity contribution in [3.8, 4) is 0 Å². The molecule has 2 rings (SSSR count). The average Bonchev–Trinajstić information content (AvgIpc) is 2.84. The number of carbonyl (C=O) groups excluding carboxylic acids is 1. The lowest BCUT2D eigenvalue weighted by Gasteiger charge is -2.04. The predicted molar refractivity (Wildman–Crippen MR) is 62.0 cm³/mol. The minimum atomic E-state index is -0.239. The number of amides is 1. The molecule has 7 nitrogen and oxygen atoms in total. The highest BCUT2D eigenvalue weighted by molar-refractivity contribution is 5.98. The third-order valence-electron chi connectivity index (χ3n) is 2.58. The van der Waals surface area contributed by atoms with Crippen molar-refractivity contribution in [2.24, 2.45) is 14.1 Å². The summed E-state index contributed by atoms with van der Waals surface area (Å²) in [5.74, 6) is 0.115. The molecule has 17 heavy (non-hydrogen) atoms. The Morgan fingerprint density at radius 3 is 2.71 bits per heavy atom. The molecule has 0 saturated heterocycles. The molecule has 0 aliphatic heterocycles. The number of aromatic nitrogens is 4. The van der Waals surface area contributed by atoms with Crippen LogP contribution < -0.4 is 11.1 Å². The van der Waals surface area contributed by atoms with E-state index < -0.39 is 0 Å². The Hall–Kier alpha value is -2.31. The minimum Gasteiger partial charge on any atom is -0.383 e. The zero-order chi connectivity index (χ0) is 12.4. The maximum atomic E-state index is 11.8. The molecule has 2 heterocycles. The van der Waals surface area contributed by atoms with E-state index in [1.807, 2.05) is 13.1 Å². The van der Waals surface area contributed by atoms with Gasteiger partial charge in [-0.3, -0.25) is 14.2 Å². The van der Waals surface area contributed by atoms with Gasteiger partial charge in [-0.25, -0.2) is 0 Å². The molecular formula is C10H14N6O. The van der Waals surface area contributed by atoms with E-state index in [0.717, 1.165) is 5.69 Å². The van der Waals surface area contributed by atoms with E-state index in [1.54, 1.807) is 17.9 Å². The van der Waals surface area contributed by atoms with Gasteiger partial charge in [-0.05, 0) is 6.07 Å². The quantitative estimate of drug-likeness (QED) is 0.760. The van der Waals surface area contributed by atoms with Gasteiger partial charge in [-0.15, -0.1) is 0 Å². The zero-order valence-corrected chi connectivity index (χ0v) is 9.71. The standard InChI is InChI=1S/C10H14N6O/c1-15-7(3-4-13-15)5-12-10(17)8-6-14-16(2)9(8)11/h3-4,6H,5,11H2,1-2H3,(H,12,17). The van der Waals surface area contributed by atoms with E-state index in [9.17, 15) is 4.79 Å². The zero-order valence-electron chi connectivity index (χ0n) is 9.71. The highest BCUT2D eigenvalue weighted by Gasteiger charge is 2.13. The second-order valence-corrected chi connectivity index (χ2v) is 3.70. The fraction of sp³-hybridized carbons (Fsp3) is 0.300. The Kier molecular flexibility index (Phi) is 2.82. The first-order chi connectivity index (χ1) is 8.09. The molecule has 7 heteroatoms.